The lowest BCUT2D eigenvalue weighted by atomic mass is 10.0. The molecule has 0 aliphatic heterocycles. The molecule has 0 saturated carbocycles. The van der Waals surface area contributed by atoms with Crippen LogP contribution < -0.4 is 14.8 Å². The summed E-state index contributed by atoms with van der Waals surface area (Å²) in [5.41, 5.74) is 4.68. The zero-order valence-corrected chi connectivity index (χ0v) is 19.4. The summed E-state index contributed by atoms with van der Waals surface area (Å²) in [4.78, 5) is 13.7. The van der Waals surface area contributed by atoms with E-state index in [2.05, 4.69) is 26.1 Å². The molecule has 0 radical (unpaired) electrons. The Hall–Kier alpha value is -3.34. The van der Waals surface area contributed by atoms with Crippen LogP contribution in [-0.2, 0) is 12.8 Å². The molecule has 32 heavy (non-hydrogen) atoms. The number of hydrogen-bond acceptors (Lipinski definition) is 3. The average Bonchev–Trinajstić information content (AvgIpc) is 2.81. The Kier molecular flexibility index (Phi) is 7.87. The molecule has 0 unspecified atom stereocenters. The molecule has 0 atom stereocenters. The van der Waals surface area contributed by atoms with Gasteiger partial charge in [0.2, 0.25) is 5.69 Å². The van der Waals surface area contributed by atoms with Crippen LogP contribution in [0.1, 0.15) is 60.8 Å². The predicted octanol–water partition coefficient (Wildman–Crippen LogP) is 5.85. The Morgan fingerprint density at radius 1 is 1.00 bits per heavy atom. The van der Waals surface area contributed by atoms with Crippen molar-refractivity contribution >= 4 is 11.6 Å². The summed E-state index contributed by atoms with van der Waals surface area (Å²) in [7, 11) is 0. The van der Waals surface area contributed by atoms with Gasteiger partial charge in [0.25, 0.3) is 5.91 Å². The first-order valence-corrected chi connectivity index (χ1v) is 11.4. The summed E-state index contributed by atoms with van der Waals surface area (Å²) in [5, 5.41) is 16.3. The van der Waals surface area contributed by atoms with Crippen LogP contribution in [-0.4, -0.2) is 12.5 Å². The fourth-order valence-corrected chi connectivity index (χ4v) is 3.81. The number of carbonyl (C=O) groups excluding carboxylic acids is 1. The second-order valence-corrected chi connectivity index (χ2v) is 7.85. The molecule has 0 bridgehead atoms. The first-order valence-electron chi connectivity index (χ1n) is 11.4. The van der Waals surface area contributed by atoms with Gasteiger partial charge < -0.3 is 15.3 Å². The number of hydrogen-bond donors (Lipinski definition) is 1. The number of nitrogens with zero attached hydrogens (tertiary/aromatic N) is 1. The van der Waals surface area contributed by atoms with E-state index in [1.54, 1.807) is 13.0 Å². The molecule has 2 aromatic carbocycles. The normalized spacial score (nSPS) is 10.8. The first kappa shape index (κ1) is 23.3. The van der Waals surface area contributed by atoms with Crippen LogP contribution in [0.2, 0.25) is 0 Å². The van der Waals surface area contributed by atoms with E-state index in [-0.39, 0.29) is 11.5 Å². The number of anilines is 1. The molecule has 0 saturated heterocycles. The van der Waals surface area contributed by atoms with Crippen molar-refractivity contribution in [2.24, 2.45) is 0 Å². The van der Waals surface area contributed by atoms with Gasteiger partial charge in [0.15, 0.2) is 11.3 Å². The van der Waals surface area contributed by atoms with Crippen LogP contribution >= 0.6 is 0 Å². The molecule has 3 rings (SSSR count). The molecule has 0 fully saturated rings. The average molecular weight is 433 g/mol. The van der Waals surface area contributed by atoms with Gasteiger partial charge in [-0.3, -0.25) is 4.79 Å². The number of amides is 1. The minimum atomic E-state index is -0.337. The molecule has 1 N–H and O–H groups in total. The number of carbonyl (C=O) groups is 1. The van der Waals surface area contributed by atoms with Crippen molar-refractivity contribution in [1.29, 1.82) is 0 Å². The van der Waals surface area contributed by atoms with Crippen LogP contribution in [0.4, 0.5) is 5.69 Å². The van der Waals surface area contributed by atoms with Gasteiger partial charge in [0, 0.05) is 24.2 Å². The summed E-state index contributed by atoms with van der Waals surface area (Å²) in [5.74, 6) is 0.0991. The number of rotatable bonds is 9. The highest BCUT2D eigenvalue weighted by molar-refractivity contribution is 6.10. The van der Waals surface area contributed by atoms with Crippen LogP contribution in [0.3, 0.4) is 0 Å². The van der Waals surface area contributed by atoms with Crippen molar-refractivity contribution in [1.82, 2.24) is 0 Å². The summed E-state index contributed by atoms with van der Waals surface area (Å²) in [6.07, 6.45) is 3.44. The highest BCUT2D eigenvalue weighted by Crippen LogP contribution is 2.31. The Morgan fingerprint density at radius 2 is 1.66 bits per heavy atom. The van der Waals surface area contributed by atoms with Crippen LogP contribution in [0.5, 0.6) is 5.75 Å². The van der Waals surface area contributed by atoms with Gasteiger partial charge in [-0.25, -0.2) is 0 Å². The van der Waals surface area contributed by atoms with Crippen molar-refractivity contribution in [2.75, 3.05) is 11.9 Å². The number of aryl methyl sites for hydroxylation is 3. The van der Waals surface area contributed by atoms with Crippen molar-refractivity contribution in [3.8, 4) is 17.0 Å². The smallest absolute Gasteiger partial charge is 0.266 e. The lowest BCUT2D eigenvalue weighted by molar-refractivity contribution is -0.600. The van der Waals surface area contributed by atoms with E-state index >= 15 is 0 Å². The zero-order valence-electron chi connectivity index (χ0n) is 19.4. The quantitative estimate of drug-likeness (QED) is 0.262. The highest BCUT2D eigenvalue weighted by atomic mass is 16.5. The van der Waals surface area contributed by atoms with Crippen LogP contribution in [0.25, 0.3) is 11.3 Å². The van der Waals surface area contributed by atoms with E-state index in [9.17, 15) is 10.0 Å². The van der Waals surface area contributed by atoms with E-state index in [0.717, 1.165) is 47.2 Å². The molecule has 0 spiro atoms. The van der Waals surface area contributed by atoms with Crippen molar-refractivity contribution in [3.05, 3.63) is 82.2 Å². The third-order valence-electron chi connectivity index (χ3n) is 5.61. The summed E-state index contributed by atoms with van der Waals surface area (Å²) >= 11 is 0. The number of nitrogens with one attached hydrogen (secondary N) is 1. The molecule has 1 aromatic heterocycles. The van der Waals surface area contributed by atoms with E-state index in [1.165, 1.54) is 0 Å². The second-order valence-electron chi connectivity index (χ2n) is 7.85. The summed E-state index contributed by atoms with van der Waals surface area (Å²) < 4.78 is 6.86. The Labute approximate surface area is 190 Å². The molecule has 1 amide bonds. The minimum absolute atomic E-state index is 0.265. The van der Waals surface area contributed by atoms with Gasteiger partial charge >= 0.3 is 0 Å². The number of benzene rings is 2. The third-order valence-corrected chi connectivity index (χ3v) is 5.61. The Balaban J connectivity index is 2.17. The maximum absolute atomic E-state index is 13.7. The fraction of sp³-hybridized carbons (Fsp3) is 0.333. The fourth-order valence-electron chi connectivity index (χ4n) is 3.81. The maximum Gasteiger partial charge on any atom is 0.266 e. The molecular formula is C27H32N2O3. The maximum atomic E-state index is 13.7. The molecule has 3 aromatic rings. The van der Waals surface area contributed by atoms with E-state index in [1.807, 2.05) is 48.5 Å². The van der Waals surface area contributed by atoms with Crippen LogP contribution in [0.15, 0.2) is 54.6 Å². The van der Waals surface area contributed by atoms with E-state index in [0.29, 0.717) is 29.3 Å². The number of pyridine rings is 1. The van der Waals surface area contributed by atoms with Gasteiger partial charge in [-0.1, -0.05) is 63.6 Å². The molecule has 5 heteroatoms. The van der Waals surface area contributed by atoms with E-state index in [4.69, 9.17) is 4.74 Å². The Morgan fingerprint density at radius 3 is 2.25 bits per heavy atom. The van der Waals surface area contributed by atoms with Crippen molar-refractivity contribution in [3.63, 3.8) is 0 Å². The van der Waals surface area contributed by atoms with Crippen molar-refractivity contribution < 1.29 is 14.3 Å². The zero-order chi connectivity index (χ0) is 23.1. The van der Waals surface area contributed by atoms with Gasteiger partial charge in [0.1, 0.15) is 5.75 Å². The van der Waals surface area contributed by atoms with Gasteiger partial charge in [0.05, 0.1) is 6.61 Å². The standard InChI is InChI=1S/C27H32N2O3/c1-5-8-17-32-23-18-19(4)29(31)26(22-13-10-9-11-14-22)24(23)27(30)28-25-20(6-2)15-12-16-21(25)7-3/h9-16,18H,5-8,17H2,1-4H3,(H,28,30). The van der Waals surface area contributed by atoms with Gasteiger partial charge in [-0.05, 0) is 42.5 Å². The third kappa shape index (κ3) is 4.93. The first-order chi connectivity index (χ1) is 15.5. The molecule has 0 aliphatic rings. The minimum Gasteiger partial charge on any atom is -0.618 e. The number of para-hydroxylation sites is 1. The van der Waals surface area contributed by atoms with Gasteiger partial charge in [-0.15, -0.1) is 0 Å². The lowest BCUT2D eigenvalue weighted by Gasteiger charge is -2.19. The molecule has 1 heterocycles. The summed E-state index contributed by atoms with van der Waals surface area (Å²) in [6, 6.07) is 17.0. The molecular weight excluding hydrogens is 400 g/mol. The number of aromatic nitrogens is 1. The molecule has 0 aliphatic carbocycles. The molecule has 168 valence electrons. The number of ether oxygens (including phenoxy) is 1. The molecule has 5 nitrogen and oxygen atoms in total. The number of unbranched alkanes of at least 4 members (excludes halogenated alkanes) is 1. The SMILES string of the molecule is CCCCOc1cc(C)[n+]([O-])c(-c2ccccc2)c1C(=O)Nc1c(CC)cccc1CC. The van der Waals surface area contributed by atoms with Crippen molar-refractivity contribution in [2.45, 2.75) is 53.4 Å². The topological polar surface area (TPSA) is 65.3 Å². The van der Waals surface area contributed by atoms with Gasteiger partial charge in [-0.2, -0.15) is 4.73 Å². The van der Waals surface area contributed by atoms with Crippen LogP contribution in [0, 0.1) is 12.1 Å². The van der Waals surface area contributed by atoms with E-state index < -0.39 is 0 Å². The monoisotopic (exact) mass is 432 g/mol. The summed E-state index contributed by atoms with van der Waals surface area (Å²) in [6.45, 7) is 8.43. The lowest BCUT2D eigenvalue weighted by Crippen LogP contribution is -2.36. The highest BCUT2D eigenvalue weighted by Gasteiger charge is 2.29. The second kappa shape index (κ2) is 10.8. The largest absolute Gasteiger partial charge is 0.618 e. The predicted molar refractivity (Wildman–Crippen MR) is 129 cm³/mol. The Bertz CT molecular complexity index is 1060.